The first-order valence-corrected chi connectivity index (χ1v) is 6.55. The fourth-order valence-corrected chi connectivity index (χ4v) is 1.69. The number of amides is 1. The van der Waals surface area contributed by atoms with E-state index in [0.717, 1.165) is 0 Å². The molecule has 0 heterocycles. The molecule has 1 amide bonds. The summed E-state index contributed by atoms with van der Waals surface area (Å²) in [7, 11) is 1.63. The van der Waals surface area contributed by atoms with Crippen LogP contribution in [0.4, 0.5) is 4.39 Å². The van der Waals surface area contributed by atoms with Crippen molar-refractivity contribution in [3.63, 3.8) is 0 Å². The summed E-state index contributed by atoms with van der Waals surface area (Å²) in [5.41, 5.74) is 0.664. The molecule has 1 rings (SSSR count). The molecule has 0 aliphatic rings. The van der Waals surface area contributed by atoms with Crippen LogP contribution in [-0.4, -0.2) is 29.1 Å². The van der Waals surface area contributed by atoms with Crippen molar-refractivity contribution < 1.29 is 14.3 Å². The third-order valence-corrected chi connectivity index (χ3v) is 3.29. The zero-order valence-electron chi connectivity index (χ0n) is 11.4. The lowest BCUT2D eigenvalue weighted by Crippen LogP contribution is -2.31. The lowest BCUT2D eigenvalue weighted by atomic mass is 10.0. The van der Waals surface area contributed by atoms with Crippen LogP contribution in [0, 0.1) is 11.7 Å². The Morgan fingerprint density at radius 3 is 2.63 bits per heavy atom. The number of rotatable bonds is 5. The van der Waals surface area contributed by atoms with Gasteiger partial charge in [-0.15, -0.1) is 0 Å². The van der Waals surface area contributed by atoms with E-state index in [1.165, 1.54) is 17.0 Å². The highest BCUT2D eigenvalue weighted by atomic mass is 35.5. The van der Waals surface area contributed by atoms with Gasteiger partial charge in [-0.1, -0.05) is 31.5 Å². The van der Waals surface area contributed by atoms with E-state index in [1.807, 2.05) is 13.8 Å². The number of benzene rings is 1. The third kappa shape index (κ3) is 4.80. The molecule has 0 radical (unpaired) electrons. The van der Waals surface area contributed by atoms with E-state index in [-0.39, 0.29) is 29.8 Å². The van der Waals surface area contributed by atoms with E-state index < -0.39 is 11.9 Å². The van der Waals surface area contributed by atoms with Gasteiger partial charge in [0.15, 0.2) is 0 Å². The van der Waals surface area contributed by atoms with Gasteiger partial charge in [0, 0.05) is 13.6 Å². The lowest BCUT2D eigenvalue weighted by Gasteiger charge is -2.21. The maximum Gasteiger partial charge on any atom is 0.225 e. The highest BCUT2D eigenvalue weighted by Gasteiger charge is 2.17. The average molecular weight is 288 g/mol. The van der Waals surface area contributed by atoms with Gasteiger partial charge < -0.3 is 10.0 Å². The van der Waals surface area contributed by atoms with Crippen LogP contribution >= 0.6 is 11.6 Å². The van der Waals surface area contributed by atoms with Crippen LogP contribution in [0.1, 0.15) is 25.8 Å². The fourth-order valence-electron chi connectivity index (χ4n) is 1.57. The van der Waals surface area contributed by atoms with Crippen molar-refractivity contribution in [1.82, 2.24) is 4.90 Å². The van der Waals surface area contributed by atoms with Crippen LogP contribution in [-0.2, 0) is 11.3 Å². The second-order valence-electron chi connectivity index (χ2n) is 5.01. The molecule has 106 valence electrons. The van der Waals surface area contributed by atoms with Crippen molar-refractivity contribution in [1.29, 1.82) is 0 Å². The van der Waals surface area contributed by atoms with E-state index in [9.17, 15) is 14.3 Å². The number of aliphatic hydroxyl groups is 1. The topological polar surface area (TPSA) is 40.5 Å². The summed E-state index contributed by atoms with van der Waals surface area (Å²) in [6.07, 6.45) is -0.582. The van der Waals surface area contributed by atoms with Crippen molar-refractivity contribution in [2.45, 2.75) is 32.9 Å². The van der Waals surface area contributed by atoms with E-state index in [4.69, 9.17) is 11.6 Å². The monoisotopic (exact) mass is 287 g/mol. The molecule has 0 unspecified atom stereocenters. The van der Waals surface area contributed by atoms with Gasteiger partial charge in [0.05, 0.1) is 17.5 Å². The summed E-state index contributed by atoms with van der Waals surface area (Å²) in [6.45, 7) is 4.00. The molecular weight excluding hydrogens is 269 g/mol. The molecule has 1 aromatic carbocycles. The quantitative estimate of drug-likeness (QED) is 0.905. The molecule has 0 aliphatic heterocycles. The third-order valence-electron chi connectivity index (χ3n) is 2.98. The van der Waals surface area contributed by atoms with Crippen LogP contribution in [0.25, 0.3) is 0 Å². The van der Waals surface area contributed by atoms with Crippen LogP contribution < -0.4 is 0 Å². The Hall–Kier alpha value is -1.13. The first-order valence-electron chi connectivity index (χ1n) is 6.17. The Labute approximate surface area is 118 Å². The van der Waals surface area contributed by atoms with Gasteiger partial charge in [-0.25, -0.2) is 4.39 Å². The molecule has 3 nitrogen and oxygen atoms in total. The highest BCUT2D eigenvalue weighted by molar-refractivity contribution is 6.30. The molecule has 19 heavy (non-hydrogen) atoms. The SMILES string of the molecule is CC(C)[C@@H](O)CC(=O)N(C)Cc1ccc(Cl)c(F)c1. The molecule has 0 aliphatic carbocycles. The second-order valence-corrected chi connectivity index (χ2v) is 5.42. The summed E-state index contributed by atoms with van der Waals surface area (Å²) >= 11 is 5.59. The van der Waals surface area contributed by atoms with Crippen molar-refractivity contribution in [2.24, 2.45) is 5.92 Å². The van der Waals surface area contributed by atoms with Gasteiger partial charge in [0.2, 0.25) is 5.91 Å². The second kappa shape index (κ2) is 6.87. The Bertz CT molecular complexity index is 451. The predicted molar refractivity (Wildman–Crippen MR) is 73.3 cm³/mol. The van der Waals surface area contributed by atoms with Gasteiger partial charge in [-0.05, 0) is 23.6 Å². The molecule has 1 atom stereocenters. The van der Waals surface area contributed by atoms with Crippen molar-refractivity contribution in [3.05, 3.63) is 34.6 Å². The number of aliphatic hydroxyl groups excluding tert-OH is 1. The molecular formula is C14H19ClFNO2. The van der Waals surface area contributed by atoms with Crippen LogP contribution in [0.2, 0.25) is 5.02 Å². The molecule has 0 aromatic heterocycles. The summed E-state index contributed by atoms with van der Waals surface area (Å²) in [5, 5.41) is 9.73. The Morgan fingerprint density at radius 1 is 1.47 bits per heavy atom. The van der Waals surface area contributed by atoms with Gasteiger partial charge in [-0.3, -0.25) is 4.79 Å². The number of nitrogens with zero attached hydrogens (tertiary/aromatic N) is 1. The normalized spacial score (nSPS) is 12.6. The standard InChI is InChI=1S/C14H19ClFNO2/c1-9(2)13(18)7-14(19)17(3)8-10-4-5-11(15)12(16)6-10/h4-6,9,13,18H,7-8H2,1-3H3/t13-/m0/s1. The van der Waals surface area contributed by atoms with Gasteiger partial charge >= 0.3 is 0 Å². The van der Waals surface area contributed by atoms with E-state index in [2.05, 4.69) is 0 Å². The van der Waals surface area contributed by atoms with E-state index in [1.54, 1.807) is 13.1 Å². The Kier molecular flexibility index (Phi) is 5.76. The Morgan fingerprint density at radius 2 is 2.11 bits per heavy atom. The van der Waals surface area contributed by atoms with E-state index in [0.29, 0.717) is 5.56 Å². The largest absolute Gasteiger partial charge is 0.392 e. The van der Waals surface area contributed by atoms with E-state index >= 15 is 0 Å². The zero-order chi connectivity index (χ0) is 14.6. The van der Waals surface area contributed by atoms with Crippen LogP contribution in [0.5, 0.6) is 0 Å². The molecule has 0 saturated heterocycles. The molecule has 0 bridgehead atoms. The number of halogens is 2. The summed E-state index contributed by atoms with van der Waals surface area (Å²) in [6, 6.07) is 4.45. The fraction of sp³-hybridized carbons (Fsp3) is 0.500. The Balaban J connectivity index is 2.61. The zero-order valence-corrected chi connectivity index (χ0v) is 12.1. The number of carbonyl (C=O) groups is 1. The van der Waals surface area contributed by atoms with Crippen molar-refractivity contribution >= 4 is 17.5 Å². The molecule has 0 spiro atoms. The summed E-state index contributed by atoms with van der Waals surface area (Å²) in [5.74, 6) is -0.635. The molecule has 1 N–H and O–H groups in total. The molecule has 0 fully saturated rings. The van der Waals surface area contributed by atoms with Gasteiger partial charge in [0.25, 0.3) is 0 Å². The minimum atomic E-state index is -0.656. The lowest BCUT2D eigenvalue weighted by molar-refractivity contribution is -0.133. The predicted octanol–water partition coefficient (Wildman–Crippen LogP) is 2.84. The number of carbonyl (C=O) groups excluding carboxylic acids is 1. The van der Waals surface area contributed by atoms with Gasteiger partial charge in [0.1, 0.15) is 5.82 Å². The highest BCUT2D eigenvalue weighted by Crippen LogP contribution is 2.17. The number of hydrogen-bond donors (Lipinski definition) is 1. The van der Waals surface area contributed by atoms with Crippen LogP contribution in [0.3, 0.4) is 0 Å². The summed E-state index contributed by atoms with van der Waals surface area (Å²) < 4.78 is 13.3. The summed E-state index contributed by atoms with van der Waals surface area (Å²) in [4.78, 5) is 13.3. The first kappa shape index (κ1) is 15.9. The minimum absolute atomic E-state index is 0.0327. The van der Waals surface area contributed by atoms with Crippen molar-refractivity contribution in [2.75, 3.05) is 7.05 Å². The smallest absolute Gasteiger partial charge is 0.225 e. The maximum atomic E-state index is 13.3. The number of hydrogen-bond acceptors (Lipinski definition) is 2. The molecule has 0 saturated carbocycles. The maximum absolute atomic E-state index is 13.3. The minimum Gasteiger partial charge on any atom is -0.392 e. The first-order chi connectivity index (χ1) is 8.81. The average Bonchev–Trinajstić information content (AvgIpc) is 2.33. The molecule has 1 aromatic rings. The van der Waals surface area contributed by atoms with Crippen molar-refractivity contribution in [3.8, 4) is 0 Å². The molecule has 5 heteroatoms. The van der Waals surface area contributed by atoms with Gasteiger partial charge in [-0.2, -0.15) is 0 Å². The van der Waals surface area contributed by atoms with Crippen LogP contribution in [0.15, 0.2) is 18.2 Å².